The van der Waals surface area contributed by atoms with Crippen molar-refractivity contribution in [2.24, 2.45) is 0 Å². The summed E-state index contributed by atoms with van der Waals surface area (Å²) in [4.78, 5) is 0. The highest BCUT2D eigenvalue weighted by Gasteiger charge is 2.52. The third-order valence-electron chi connectivity index (χ3n) is 6.12. The molecule has 0 amide bonds. The van der Waals surface area contributed by atoms with Crippen molar-refractivity contribution in [3.05, 3.63) is 0 Å². The van der Waals surface area contributed by atoms with E-state index in [1.54, 1.807) is 27.7 Å². The molecule has 0 aromatic heterocycles. The monoisotopic (exact) mass is 440 g/mol. The van der Waals surface area contributed by atoms with Crippen LogP contribution in [0.1, 0.15) is 27.7 Å². The molecule has 11 heteroatoms. The average Bonchev–Trinajstić information content (AvgIpc) is 2.69. The molecule has 2 saturated heterocycles. The Balaban J connectivity index is 2.11. The number of aliphatic hydroxyl groups is 7. The minimum atomic E-state index is -1.55. The summed E-state index contributed by atoms with van der Waals surface area (Å²) in [6.45, 7) is 5.65. The number of aliphatic hydroxyl groups excluding tert-OH is 7. The van der Waals surface area contributed by atoms with E-state index in [9.17, 15) is 35.7 Å². The molecule has 2 fully saturated rings. The molecule has 2 aliphatic heterocycles. The zero-order valence-electron chi connectivity index (χ0n) is 18.0. The predicted molar refractivity (Wildman–Crippen MR) is 102 cm³/mol. The Labute approximate surface area is 175 Å². The van der Waals surface area contributed by atoms with Crippen molar-refractivity contribution in [2.75, 3.05) is 20.3 Å². The van der Waals surface area contributed by atoms with Crippen LogP contribution in [0.2, 0.25) is 0 Å². The lowest BCUT2D eigenvalue weighted by Crippen LogP contribution is -2.66. The molecule has 2 heterocycles. The first kappa shape index (κ1) is 25.8. The van der Waals surface area contributed by atoms with Gasteiger partial charge in [0.15, 0.2) is 0 Å². The molecule has 0 bridgehead atoms. The molecule has 0 aromatic carbocycles. The van der Waals surface area contributed by atoms with E-state index in [1.165, 1.54) is 7.11 Å². The van der Waals surface area contributed by atoms with Crippen molar-refractivity contribution in [3.8, 4) is 0 Å². The van der Waals surface area contributed by atoms with Crippen LogP contribution in [-0.4, -0.2) is 128 Å². The van der Waals surface area contributed by atoms with Crippen LogP contribution < -0.4 is 0 Å². The molecule has 0 saturated carbocycles. The van der Waals surface area contributed by atoms with E-state index >= 15 is 0 Å². The Morgan fingerprint density at radius 1 is 0.667 bits per heavy atom. The van der Waals surface area contributed by atoms with Gasteiger partial charge in [0, 0.05) is 7.11 Å². The van der Waals surface area contributed by atoms with E-state index in [-0.39, 0.29) is 6.61 Å². The largest absolute Gasteiger partial charge is 0.394 e. The Morgan fingerprint density at radius 2 is 1.10 bits per heavy atom. The van der Waals surface area contributed by atoms with Crippen molar-refractivity contribution in [1.82, 2.24) is 0 Å². The molecule has 0 aromatic rings. The summed E-state index contributed by atoms with van der Waals surface area (Å²) in [5, 5.41) is 70.5. The van der Waals surface area contributed by atoms with E-state index in [0.717, 1.165) is 0 Å². The Hall–Kier alpha value is -0.440. The lowest BCUT2D eigenvalue weighted by molar-refractivity contribution is -0.294. The summed E-state index contributed by atoms with van der Waals surface area (Å²) in [6.07, 6.45) is -13.1. The molecule has 10 unspecified atom stereocenters. The van der Waals surface area contributed by atoms with E-state index in [0.29, 0.717) is 0 Å². The van der Waals surface area contributed by atoms with E-state index in [1.807, 2.05) is 0 Å². The summed E-state index contributed by atoms with van der Waals surface area (Å²) in [7, 11) is 1.43. The molecular weight excluding hydrogens is 404 g/mol. The smallest absolute Gasteiger partial charge is 0.115 e. The highest BCUT2D eigenvalue weighted by Crippen LogP contribution is 2.33. The maximum Gasteiger partial charge on any atom is 0.115 e. The van der Waals surface area contributed by atoms with Crippen LogP contribution in [0.3, 0.4) is 0 Å². The van der Waals surface area contributed by atoms with Gasteiger partial charge in [-0.25, -0.2) is 0 Å². The molecule has 11 nitrogen and oxygen atoms in total. The van der Waals surface area contributed by atoms with Gasteiger partial charge in [-0.05, 0) is 27.7 Å². The van der Waals surface area contributed by atoms with Gasteiger partial charge in [0.1, 0.15) is 61.0 Å². The lowest BCUT2D eigenvalue weighted by Gasteiger charge is -2.48. The van der Waals surface area contributed by atoms with Crippen LogP contribution in [0.4, 0.5) is 0 Å². The number of hydrogen-bond acceptors (Lipinski definition) is 11. The first-order valence-corrected chi connectivity index (χ1v) is 9.97. The molecule has 0 aliphatic carbocycles. The zero-order valence-corrected chi connectivity index (χ0v) is 18.0. The van der Waals surface area contributed by atoms with Gasteiger partial charge in [0.05, 0.1) is 24.4 Å². The second-order valence-corrected chi connectivity index (χ2v) is 9.04. The highest BCUT2D eigenvalue weighted by atomic mass is 16.6. The molecule has 10 atom stereocenters. The molecule has 178 valence electrons. The Morgan fingerprint density at radius 3 is 1.57 bits per heavy atom. The number of hydrogen-bond donors (Lipinski definition) is 7. The summed E-state index contributed by atoms with van der Waals surface area (Å²) in [5.74, 6) is 0. The van der Waals surface area contributed by atoms with E-state index in [4.69, 9.17) is 18.9 Å². The maximum atomic E-state index is 10.3. The predicted octanol–water partition coefficient (Wildman–Crippen LogP) is -3.10. The van der Waals surface area contributed by atoms with Gasteiger partial charge in [-0.1, -0.05) is 0 Å². The van der Waals surface area contributed by atoms with Crippen molar-refractivity contribution in [1.29, 1.82) is 0 Å². The second kappa shape index (κ2) is 9.59. The van der Waals surface area contributed by atoms with Crippen LogP contribution in [0.5, 0.6) is 0 Å². The number of rotatable bonds is 7. The fourth-order valence-corrected chi connectivity index (χ4v) is 3.83. The topological polar surface area (TPSA) is 179 Å². The SMILES string of the molecule is COC(C)(C)C1OC(COC(C)(C)C2OC(CO)C(O)C(O)C2O)C(O)C(O)C1O. The van der Waals surface area contributed by atoms with Crippen molar-refractivity contribution >= 4 is 0 Å². The summed E-state index contributed by atoms with van der Waals surface area (Å²) < 4.78 is 22.5. The molecule has 0 spiro atoms. The molecule has 30 heavy (non-hydrogen) atoms. The third kappa shape index (κ3) is 4.97. The number of ether oxygens (including phenoxy) is 4. The summed E-state index contributed by atoms with van der Waals surface area (Å²) in [5.41, 5.74) is -2.21. The molecule has 0 radical (unpaired) electrons. The van der Waals surface area contributed by atoms with Gasteiger partial charge in [-0.2, -0.15) is 0 Å². The van der Waals surface area contributed by atoms with Crippen molar-refractivity contribution in [3.63, 3.8) is 0 Å². The lowest BCUT2D eigenvalue weighted by atomic mass is 9.86. The van der Waals surface area contributed by atoms with Gasteiger partial charge in [-0.3, -0.25) is 0 Å². The molecule has 7 N–H and O–H groups in total. The van der Waals surface area contributed by atoms with E-state index < -0.39 is 78.8 Å². The van der Waals surface area contributed by atoms with Crippen LogP contribution >= 0.6 is 0 Å². The maximum absolute atomic E-state index is 10.3. The first-order valence-electron chi connectivity index (χ1n) is 9.97. The summed E-state index contributed by atoms with van der Waals surface area (Å²) in [6, 6.07) is 0. The fourth-order valence-electron chi connectivity index (χ4n) is 3.83. The number of methoxy groups -OCH3 is 1. The standard InChI is InChI=1S/C19H36O11/c1-18(2,27-5)16-14(25)13(24)11(22)9(30-16)7-28-19(3,4)17-15(26)12(23)10(21)8(6-20)29-17/h8-17,20-26H,6-7H2,1-5H3. The molecule has 2 rings (SSSR count). The molecule has 2 aliphatic rings. The van der Waals surface area contributed by atoms with Crippen LogP contribution in [0.15, 0.2) is 0 Å². The van der Waals surface area contributed by atoms with Gasteiger partial charge >= 0.3 is 0 Å². The quantitative estimate of drug-likeness (QED) is 0.213. The van der Waals surface area contributed by atoms with Crippen LogP contribution in [0.25, 0.3) is 0 Å². The van der Waals surface area contributed by atoms with Crippen LogP contribution in [0, 0.1) is 0 Å². The third-order valence-corrected chi connectivity index (χ3v) is 6.12. The normalized spacial score (nSPS) is 43.6. The Kier molecular flexibility index (Phi) is 8.25. The highest BCUT2D eigenvalue weighted by molar-refractivity contribution is 5.01. The summed E-state index contributed by atoms with van der Waals surface area (Å²) >= 11 is 0. The minimum Gasteiger partial charge on any atom is -0.394 e. The second-order valence-electron chi connectivity index (χ2n) is 9.04. The van der Waals surface area contributed by atoms with Gasteiger partial charge < -0.3 is 54.7 Å². The van der Waals surface area contributed by atoms with Crippen LogP contribution in [-0.2, 0) is 18.9 Å². The fraction of sp³-hybridized carbons (Fsp3) is 1.00. The average molecular weight is 440 g/mol. The zero-order chi connectivity index (χ0) is 23.0. The first-order chi connectivity index (χ1) is 13.8. The van der Waals surface area contributed by atoms with Gasteiger partial charge in [0.25, 0.3) is 0 Å². The van der Waals surface area contributed by atoms with Crippen molar-refractivity contribution in [2.45, 2.75) is 99.9 Å². The molecular formula is C19H36O11. The Bertz CT molecular complexity index is 555. The van der Waals surface area contributed by atoms with Gasteiger partial charge in [0.2, 0.25) is 0 Å². The minimum absolute atomic E-state index is 0.247. The van der Waals surface area contributed by atoms with Crippen molar-refractivity contribution < 1.29 is 54.7 Å². The van der Waals surface area contributed by atoms with Gasteiger partial charge in [-0.15, -0.1) is 0 Å². The van der Waals surface area contributed by atoms with E-state index in [2.05, 4.69) is 0 Å².